The van der Waals surface area contributed by atoms with Gasteiger partial charge in [-0.3, -0.25) is 4.79 Å². The monoisotopic (exact) mass is 389 g/mol. The van der Waals surface area contributed by atoms with Crippen molar-refractivity contribution in [3.8, 4) is 11.5 Å². The molecule has 2 aromatic carbocycles. The number of ether oxygens (including phenoxy) is 2. The van der Waals surface area contributed by atoms with E-state index in [1.165, 1.54) is 12.1 Å². The van der Waals surface area contributed by atoms with Gasteiger partial charge in [-0.05, 0) is 36.8 Å². The van der Waals surface area contributed by atoms with Crippen LogP contribution < -0.4 is 15.2 Å². The van der Waals surface area contributed by atoms with Crippen LogP contribution in [-0.4, -0.2) is 38.1 Å². The fourth-order valence-corrected chi connectivity index (χ4v) is 6.28. The van der Waals surface area contributed by atoms with Gasteiger partial charge in [0.1, 0.15) is 5.41 Å². The van der Waals surface area contributed by atoms with Crippen molar-refractivity contribution in [2.24, 2.45) is 11.1 Å². The molecule has 1 saturated carbocycles. The fraction of sp³-hybridized carbons (Fsp3) is 0.316. The van der Waals surface area contributed by atoms with Gasteiger partial charge in [-0.2, -0.15) is 0 Å². The number of carboxylic acid groups (broad SMARTS) is 1. The molecule has 4 rings (SSSR count). The van der Waals surface area contributed by atoms with E-state index in [1.807, 2.05) is 6.92 Å². The van der Waals surface area contributed by atoms with E-state index in [-0.39, 0.29) is 18.2 Å². The molecule has 0 radical (unpaired) electrons. The molecule has 0 unspecified atom stereocenters. The van der Waals surface area contributed by atoms with E-state index in [9.17, 15) is 18.3 Å². The first-order valence-corrected chi connectivity index (χ1v) is 10.0. The molecule has 142 valence electrons. The molecule has 2 aromatic rings. The van der Waals surface area contributed by atoms with E-state index >= 15 is 0 Å². The second-order valence-electron chi connectivity index (χ2n) is 6.92. The molecule has 1 fully saturated rings. The summed E-state index contributed by atoms with van der Waals surface area (Å²) in [4.78, 5) is 12.2. The number of fused-ring (bicyclic) bond motifs is 1. The number of nitrogens with two attached hydrogens (primary N) is 1. The molecule has 0 bridgehead atoms. The number of benzene rings is 2. The van der Waals surface area contributed by atoms with Crippen LogP contribution in [0.5, 0.6) is 11.5 Å². The summed E-state index contributed by atoms with van der Waals surface area (Å²) in [5.41, 5.74) is 5.71. The van der Waals surface area contributed by atoms with E-state index in [0.29, 0.717) is 17.1 Å². The number of hydrogen-bond donors (Lipinski definition) is 2. The Morgan fingerprint density at radius 1 is 1.19 bits per heavy atom. The Hall–Kier alpha value is -2.58. The third-order valence-electron chi connectivity index (χ3n) is 5.43. The average Bonchev–Trinajstić information content (AvgIpc) is 3.15. The molecule has 0 saturated heterocycles. The van der Waals surface area contributed by atoms with Crippen LogP contribution in [0.1, 0.15) is 17.0 Å². The van der Waals surface area contributed by atoms with Gasteiger partial charge in [0.2, 0.25) is 6.79 Å². The van der Waals surface area contributed by atoms with E-state index in [4.69, 9.17) is 15.2 Å². The summed E-state index contributed by atoms with van der Waals surface area (Å²) in [6.07, 6.45) is 0. The lowest BCUT2D eigenvalue weighted by molar-refractivity contribution is -0.143. The maximum Gasteiger partial charge on any atom is 0.312 e. The van der Waals surface area contributed by atoms with Crippen molar-refractivity contribution in [2.75, 3.05) is 13.3 Å². The summed E-state index contributed by atoms with van der Waals surface area (Å²) in [7, 11) is -3.89. The van der Waals surface area contributed by atoms with Crippen LogP contribution in [-0.2, 0) is 14.6 Å². The quantitative estimate of drug-likeness (QED) is 0.799. The highest BCUT2D eigenvalue weighted by molar-refractivity contribution is 7.92. The van der Waals surface area contributed by atoms with E-state index in [1.54, 1.807) is 30.3 Å². The van der Waals surface area contributed by atoms with Gasteiger partial charge in [0, 0.05) is 12.5 Å². The third-order valence-corrected chi connectivity index (χ3v) is 7.72. The zero-order valence-electron chi connectivity index (χ0n) is 14.6. The molecule has 7 nitrogen and oxygen atoms in total. The first-order valence-electron chi connectivity index (χ1n) is 8.46. The molecule has 2 aliphatic rings. The van der Waals surface area contributed by atoms with Crippen molar-refractivity contribution >= 4 is 15.8 Å². The number of hydrogen-bond acceptors (Lipinski definition) is 6. The number of sulfone groups is 1. The Balaban J connectivity index is 1.80. The zero-order chi connectivity index (χ0) is 19.4. The zero-order valence-corrected chi connectivity index (χ0v) is 15.4. The summed E-state index contributed by atoms with van der Waals surface area (Å²) >= 11 is 0. The highest BCUT2D eigenvalue weighted by Gasteiger charge is 2.75. The fourth-order valence-electron chi connectivity index (χ4n) is 3.90. The Morgan fingerprint density at radius 2 is 1.85 bits per heavy atom. The van der Waals surface area contributed by atoms with Crippen molar-refractivity contribution in [1.82, 2.24) is 0 Å². The number of carbonyl (C=O) groups is 1. The van der Waals surface area contributed by atoms with Gasteiger partial charge in [-0.15, -0.1) is 0 Å². The molecule has 3 atom stereocenters. The van der Waals surface area contributed by atoms with E-state index in [0.717, 1.165) is 5.56 Å². The van der Waals surface area contributed by atoms with Crippen LogP contribution in [0.25, 0.3) is 0 Å². The average molecular weight is 389 g/mol. The highest BCUT2D eigenvalue weighted by atomic mass is 32.2. The standard InChI is InChI=1S/C19H19NO6S/c1-11-2-5-13(6-3-11)27(23,24)17-16(19(17,9-20)18(21)22)12-4-7-14-15(8-12)26-10-25-14/h2-8,16-17H,9-10,20H2,1H3,(H,21,22)/t16-,17+,19-/m0/s1. The number of rotatable bonds is 5. The predicted molar refractivity (Wildman–Crippen MR) is 96.6 cm³/mol. The summed E-state index contributed by atoms with van der Waals surface area (Å²) < 4.78 is 37.1. The second kappa shape index (κ2) is 5.97. The molecule has 27 heavy (non-hydrogen) atoms. The molecule has 0 amide bonds. The van der Waals surface area contributed by atoms with Crippen LogP contribution in [0.15, 0.2) is 47.4 Å². The maximum atomic E-state index is 13.2. The van der Waals surface area contributed by atoms with Crippen molar-refractivity contribution in [1.29, 1.82) is 0 Å². The minimum atomic E-state index is -3.89. The Labute approximate surface area is 156 Å². The molecular formula is C19H19NO6S. The summed E-state index contributed by atoms with van der Waals surface area (Å²) in [5.74, 6) is -0.956. The van der Waals surface area contributed by atoms with Gasteiger partial charge in [-0.25, -0.2) is 8.42 Å². The van der Waals surface area contributed by atoms with Gasteiger partial charge in [0.05, 0.1) is 10.1 Å². The van der Waals surface area contributed by atoms with Gasteiger partial charge < -0.3 is 20.3 Å². The van der Waals surface area contributed by atoms with Crippen molar-refractivity contribution in [3.05, 3.63) is 53.6 Å². The molecule has 1 aliphatic heterocycles. The van der Waals surface area contributed by atoms with Crippen molar-refractivity contribution < 1.29 is 27.8 Å². The van der Waals surface area contributed by atoms with Crippen LogP contribution >= 0.6 is 0 Å². The lowest BCUT2D eigenvalue weighted by Crippen LogP contribution is -2.31. The van der Waals surface area contributed by atoms with Crippen LogP contribution in [0.3, 0.4) is 0 Å². The minimum absolute atomic E-state index is 0.0789. The van der Waals surface area contributed by atoms with Crippen molar-refractivity contribution in [3.63, 3.8) is 0 Å². The first kappa shape index (κ1) is 17.8. The Kier molecular flexibility index (Phi) is 3.94. The molecular weight excluding hydrogens is 370 g/mol. The summed E-state index contributed by atoms with van der Waals surface area (Å²) in [6, 6.07) is 11.4. The Bertz CT molecular complexity index is 1020. The number of carboxylic acids is 1. The predicted octanol–water partition coefficient (Wildman–Crippen LogP) is 1.69. The lowest BCUT2D eigenvalue weighted by Gasteiger charge is -2.10. The summed E-state index contributed by atoms with van der Waals surface area (Å²) in [6.45, 7) is 1.65. The Morgan fingerprint density at radius 3 is 2.48 bits per heavy atom. The number of aliphatic carboxylic acids is 1. The molecule has 1 heterocycles. The lowest BCUT2D eigenvalue weighted by atomic mass is 9.99. The first-order chi connectivity index (χ1) is 12.8. The second-order valence-corrected chi connectivity index (χ2v) is 8.99. The number of aryl methyl sites for hydroxylation is 1. The molecule has 0 aromatic heterocycles. The minimum Gasteiger partial charge on any atom is -0.481 e. The van der Waals surface area contributed by atoms with Crippen LogP contribution in [0, 0.1) is 12.3 Å². The normalized spacial score (nSPS) is 26.0. The highest BCUT2D eigenvalue weighted by Crippen LogP contribution is 2.64. The SMILES string of the molecule is Cc1ccc(S(=O)(=O)[C@@H]2[C@H](c3ccc4c(c3)OCO4)[C@]2(CN)C(=O)O)cc1. The third kappa shape index (κ3) is 2.51. The van der Waals surface area contributed by atoms with Gasteiger partial charge in [-0.1, -0.05) is 23.8 Å². The van der Waals surface area contributed by atoms with Crippen LogP contribution in [0.2, 0.25) is 0 Å². The van der Waals surface area contributed by atoms with E-state index < -0.39 is 32.4 Å². The molecule has 1 aliphatic carbocycles. The van der Waals surface area contributed by atoms with Crippen molar-refractivity contribution in [2.45, 2.75) is 23.0 Å². The smallest absolute Gasteiger partial charge is 0.312 e. The molecule has 8 heteroatoms. The van der Waals surface area contributed by atoms with E-state index in [2.05, 4.69) is 0 Å². The maximum absolute atomic E-state index is 13.2. The topological polar surface area (TPSA) is 116 Å². The molecule has 3 N–H and O–H groups in total. The molecule has 0 spiro atoms. The summed E-state index contributed by atoms with van der Waals surface area (Å²) in [5, 5.41) is 8.71. The van der Waals surface area contributed by atoms with Gasteiger partial charge >= 0.3 is 5.97 Å². The largest absolute Gasteiger partial charge is 0.481 e. The van der Waals surface area contributed by atoms with Crippen LogP contribution in [0.4, 0.5) is 0 Å². The van der Waals surface area contributed by atoms with Gasteiger partial charge in [0.25, 0.3) is 0 Å². The van der Waals surface area contributed by atoms with Gasteiger partial charge in [0.15, 0.2) is 21.3 Å².